The second-order valence-electron chi connectivity index (χ2n) is 6.76. The topological polar surface area (TPSA) is 48.9 Å². The third kappa shape index (κ3) is 6.28. The Kier molecular flexibility index (Phi) is 8.19. The summed E-state index contributed by atoms with van der Waals surface area (Å²) in [4.78, 5) is 6.64. The molecule has 1 saturated carbocycles. The number of nitrogens with one attached hydrogen (secondary N) is 2. The van der Waals surface area contributed by atoms with E-state index in [1.54, 1.807) is 7.11 Å². The molecular weight excluding hydrogens is 380 g/mol. The second-order valence-corrected chi connectivity index (χ2v) is 7.62. The number of guanidine groups is 1. The van der Waals surface area contributed by atoms with Crippen LogP contribution in [0.4, 0.5) is 0 Å². The standard InChI is InChI=1S/C19H31BrN4O/c1-21-18(22-11-6-12-24(2)13-14-25-3)23-15-19(9-10-19)16-7-4-5-8-17(16)20/h4-5,7-8H,6,9-15H2,1-3H3,(H2,21,22,23). The molecular formula is C19H31BrN4O. The van der Waals surface area contributed by atoms with Gasteiger partial charge in [0.2, 0.25) is 0 Å². The van der Waals surface area contributed by atoms with E-state index in [2.05, 4.69) is 67.8 Å². The fraction of sp³-hybridized carbons (Fsp3) is 0.632. The molecule has 2 N–H and O–H groups in total. The van der Waals surface area contributed by atoms with Crippen molar-refractivity contribution in [2.45, 2.75) is 24.7 Å². The molecule has 25 heavy (non-hydrogen) atoms. The fourth-order valence-corrected chi connectivity index (χ4v) is 3.68. The number of rotatable bonds is 10. The van der Waals surface area contributed by atoms with Crippen LogP contribution in [0.2, 0.25) is 0 Å². The van der Waals surface area contributed by atoms with Crippen LogP contribution in [-0.4, -0.2) is 64.9 Å². The van der Waals surface area contributed by atoms with Gasteiger partial charge in [-0.05, 0) is 44.5 Å². The first-order valence-corrected chi connectivity index (χ1v) is 9.77. The van der Waals surface area contributed by atoms with Gasteiger partial charge in [-0.1, -0.05) is 34.1 Å². The molecule has 0 radical (unpaired) electrons. The lowest BCUT2D eigenvalue weighted by atomic mass is 9.96. The zero-order chi connectivity index (χ0) is 18.1. The molecule has 2 rings (SSSR count). The molecule has 6 heteroatoms. The van der Waals surface area contributed by atoms with Crippen LogP contribution in [0.1, 0.15) is 24.8 Å². The molecule has 0 bridgehead atoms. The molecule has 1 aliphatic rings. The van der Waals surface area contributed by atoms with Crippen LogP contribution in [0.3, 0.4) is 0 Å². The van der Waals surface area contributed by atoms with Gasteiger partial charge in [0.1, 0.15) is 0 Å². The normalized spacial score (nSPS) is 16.1. The average molecular weight is 411 g/mol. The average Bonchev–Trinajstić information content (AvgIpc) is 3.40. The van der Waals surface area contributed by atoms with E-state index in [-0.39, 0.29) is 5.41 Å². The first-order chi connectivity index (χ1) is 12.1. The van der Waals surface area contributed by atoms with Crippen LogP contribution < -0.4 is 10.6 Å². The van der Waals surface area contributed by atoms with Gasteiger partial charge in [0, 0.05) is 43.7 Å². The number of halogens is 1. The van der Waals surface area contributed by atoms with E-state index in [1.165, 1.54) is 22.9 Å². The van der Waals surface area contributed by atoms with E-state index in [9.17, 15) is 0 Å². The Labute approximate surface area is 160 Å². The molecule has 1 aromatic carbocycles. The lowest BCUT2D eigenvalue weighted by Gasteiger charge is -2.21. The molecule has 0 saturated heterocycles. The smallest absolute Gasteiger partial charge is 0.191 e. The fourth-order valence-electron chi connectivity index (χ4n) is 2.97. The molecule has 0 aliphatic heterocycles. The van der Waals surface area contributed by atoms with E-state index < -0.39 is 0 Å². The Morgan fingerprint density at radius 1 is 1.28 bits per heavy atom. The molecule has 5 nitrogen and oxygen atoms in total. The lowest BCUT2D eigenvalue weighted by molar-refractivity contribution is 0.161. The van der Waals surface area contributed by atoms with Crippen molar-refractivity contribution in [3.05, 3.63) is 34.3 Å². The van der Waals surface area contributed by atoms with Crippen molar-refractivity contribution in [3.8, 4) is 0 Å². The highest BCUT2D eigenvalue weighted by molar-refractivity contribution is 9.10. The molecule has 0 unspecified atom stereocenters. The van der Waals surface area contributed by atoms with Crippen LogP contribution >= 0.6 is 15.9 Å². The summed E-state index contributed by atoms with van der Waals surface area (Å²) >= 11 is 3.69. The van der Waals surface area contributed by atoms with E-state index in [1.807, 2.05) is 7.05 Å². The van der Waals surface area contributed by atoms with E-state index in [0.717, 1.165) is 45.2 Å². The number of methoxy groups -OCH3 is 1. The van der Waals surface area contributed by atoms with Gasteiger partial charge in [-0.25, -0.2) is 0 Å². The number of hydrogen-bond acceptors (Lipinski definition) is 3. The van der Waals surface area contributed by atoms with Gasteiger partial charge in [-0.3, -0.25) is 4.99 Å². The van der Waals surface area contributed by atoms with Gasteiger partial charge >= 0.3 is 0 Å². The van der Waals surface area contributed by atoms with Gasteiger partial charge in [-0.15, -0.1) is 0 Å². The number of likely N-dealkylation sites (N-methyl/N-ethyl adjacent to an activating group) is 1. The summed E-state index contributed by atoms with van der Waals surface area (Å²) in [5.41, 5.74) is 1.65. The highest BCUT2D eigenvalue weighted by Crippen LogP contribution is 2.49. The predicted octanol–water partition coefficient (Wildman–Crippen LogP) is 2.61. The number of nitrogens with zero attached hydrogens (tertiary/aromatic N) is 2. The van der Waals surface area contributed by atoms with Crippen molar-refractivity contribution in [3.63, 3.8) is 0 Å². The molecule has 1 fully saturated rings. The van der Waals surface area contributed by atoms with Crippen LogP contribution in [0, 0.1) is 0 Å². The van der Waals surface area contributed by atoms with Crippen molar-refractivity contribution in [1.29, 1.82) is 0 Å². The summed E-state index contributed by atoms with van der Waals surface area (Å²) < 4.78 is 6.30. The monoisotopic (exact) mass is 410 g/mol. The van der Waals surface area contributed by atoms with Gasteiger partial charge in [-0.2, -0.15) is 0 Å². The Balaban J connectivity index is 1.71. The zero-order valence-electron chi connectivity index (χ0n) is 15.6. The van der Waals surface area contributed by atoms with Crippen LogP contribution in [-0.2, 0) is 10.2 Å². The number of hydrogen-bond donors (Lipinski definition) is 2. The molecule has 1 aromatic rings. The number of ether oxygens (including phenoxy) is 1. The van der Waals surface area contributed by atoms with Crippen molar-refractivity contribution in [2.75, 3.05) is 54.0 Å². The minimum atomic E-state index is 0.248. The minimum absolute atomic E-state index is 0.248. The van der Waals surface area contributed by atoms with Gasteiger partial charge in [0.15, 0.2) is 5.96 Å². The lowest BCUT2D eigenvalue weighted by Crippen LogP contribution is -2.42. The summed E-state index contributed by atoms with van der Waals surface area (Å²) in [5.74, 6) is 0.887. The first-order valence-electron chi connectivity index (χ1n) is 8.98. The van der Waals surface area contributed by atoms with Crippen molar-refractivity contribution >= 4 is 21.9 Å². The third-order valence-corrected chi connectivity index (χ3v) is 5.49. The highest BCUT2D eigenvalue weighted by Gasteiger charge is 2.45. The molecule has 0 spiro atoms. The van der Waals surface area contributed by atoms with Crippen molar-refractivity contribution in [2.24, 2.45) is 4.99 Å². The maximum absolute atomic E-state index is 5.10. The molecule has 0 atom stereocenters. The molecule has 1 aliphatic carbocycles. The van der Waals surface area contributed by atoms with Gasteiger partial charge in [0.05, 0.1) is 6.61 Å². The number of aliphatic imine (C=N–C) groups is 1. The maximum atomic E-state index is 5.10. The second kappa shape index (κ2) is 10.1. The largest absolute Gasteiger partial charge is 0.383 e. The zero-order valence-corrected chi connectivity index (χ0v) is 17.2. The highest BCUT2D eigenvalue weighted by atomic mass is 79.9. The van der Waals surface area contributed by atoms with Crippen LogP contribution in [0.15, 0.2) is 33.7 Å². The summed E-state index contributed by atoms with van der Waals surface area (Å²) in [5, 5.41) is 6.92. The summed E-state index contributed by atoms with van der Waals surface area (Å²) in [6, 6.07) is 8.54. The minimum Gasteiger partial charge on any atom is -0.383 e. The van der Waals surface area contributed by atoms with E-state index in [0.29, 0.717) is 0 Å². The van der Waals surface area contributed by atoms with Crippen molar-refractivity contribution < 1.29 is 4.74 Å². The Morgan fingerprint density at radius 2 is 2.04 bits per heavy atom. The summed E-state index contributed by atoms with van der Waals surface area (Å²) in [6.45, 7) is 4.64. The summed E-state index contributed by atoms with van der Waals surface area (Å²) in [6.07, 6.45) is 3.53. The Morgan fingerprint density at radius 3 is 2.68 bits per heavy atom. The van der Waals surface area contributed by atoms with E-state index in [4.69, 9.17) is 4.74 Å². The van der Waals surface area contributed by atoms with E-state index >= 15 is 0 Å². The Bertz CT molecular complexity index is 560. The predicted molar refractivity (Wildman–Crippen MR) is 108 cm³/mol. The number of benzene rings is 1. The first kappa shape index (κ1) is 20.2. The van der Waals surface area contributed by atoms with Crippen LogP contribution in [0.25, 0.3) is 0 Å². The maximum Gasteiger partial charge on any atom is 0.191 e. The third-order valence-electron chi connectivity index (χ3n) is 4.80. The molecule has 0 heterocycles. The molecule has 140 valence electrons. The van der Waals surface area contributed by atoms with Crippen LogP contribution in [0.5, 0.6) is 0 Å². The Hall–Kier alpha value is -1.11. The van der Waals surface area contributed by atoms with Gasteiger partial charge in [0.25, 0.3) is 0 Å². The summed E-state index contributed by atoms with van der Waals surface area (Å²) in [7, 11) is 5.70. The quantitative estimate of drug-likeness (QED) is 0.353. The molecule has 0 aromatic heterocycles. The van der Waals surface area contributed by atoms with Gasteiger partial charge < -0.3 is 20.3 Å². The molecule has 0 amide bonds. The SMILES string of the molecule is CN=C(NCCCN(C)CCOC)NCC1(c2ccccc2Br)CC1. The van der Waals surface area contributed by atoms with Crippen molar-refractivity contribution in [1.82, 2.24) is 15.5 Å².